The van der Waals surface area contributed by atoms with Gasteiger partial charge in [0.25, 0.3) is 5.91 Å². The van der Waals surface area contributed by atoms with E-state index in [-0.39, 0.29) is 11.9 Å². The fourth-order valence-corrected chi connectivity index (χ4v) is 3.89. The van der Waals surface area contributed by atoms with E-state index in [9.17, 15) is 4.79 Å². The predicted octanol–water partition coefficient (Wildman–Crippen LogP) is 2.55. The van der Waals surface area contributed by atoms with Crippen molar-refractivity contribution in [1.29, 1.82) is 0 Å². The van der Waals surface area contributed by atoms with Crippen molar-refractivity contribution in [1.82, 2.24) is 4.90 Å². The van der Waals surface area contributed by atoms with Crippen LogP contribution in [0, 0.1) is 0 Å². The average Bonchev–Trinajstić information content (AvgIpc) is 2.86. The number of fused-ring (bicyclic) bond motifs is 1. The van der Waals surface area contributed by atoms with Gasteiger partial charge in [-0.25, -0.2) is 4.99 Å². The second-order valence-electron chi connectivity index (χ2n) is 6.34. The van der Waals surface area contributed by atoms with Crippen molar-refractivity contribution in [3.63, 3.8) is 0 Å². The molecule has 0 aromatic heterocycles. The minimum absolute atomic E-state index is 0.153. The Kier molecular flexibility index (Phi) is 3.89. The van der Waals surface area contributed by atoms with Gasteiger partial charge >= 0.3 is 0 Å². The van der Waals surface area contributed by atoms with Crippen molar-refractivity contribution in [2.75, 3.05) is 13.7 Å². The average molecular weight is 400 g/mol. The molecule has 0 aliphatic carbocycles. The molecule has 0 saturated heterocycles. The third-order valence-corrected chi connectivity index (χ3v) is 5.37. The van der Waals surface area contributed by atoms with Crippen LogP contribution in [0.2, 0.25) is 0 Å². The number of likely N-dealkylation sites (N-methyl/N-ethyl adjacent to an activating group) is 1. The summed E-state index contributed by atoms with van der Waals surface area (Å²) in [5, 5.41) is 0. The van der Waals surface area contributed by atoms with Crippen molar-refractivity contribution >= 4 is 27.8 Å². The van der Waals surface area contributed by atoms with Gasteiger partial charge in [-0.1, -0.05) is 40.2 Å². The third-order valence-electron chi connectivity index (χ3n) is 4.88. The third kappa shape index (κ3) is 2.48. The van der Waals surface area contributed by atoms with Gasteiger partial charge in [-0.3, -0.25) is 9.69 Å². The van der Waals surface area contributed by atoms with Crippen molar-refractivity contribution in [3.05, 3.63) is 69.2 Å². The number of hydrogen-bond donors (Lipinski definition) is 1. The fourth-order valence-electron chi connectivity index (χ4n) is 3.49. The SMILES string of the molecule is CN1C(=O)C(c2cccc(Br)c2)(c2ccc3c(c2)COCC3)N=C1N. The van der Waals surface area contributed by atoms with Gasteiger partial charge in [0.15, 0.2) is 11.5 Å². The number of carbonyl (C=O) groups is 1. The van der Waals surface area contributed by atoms with Crippen LogP contribution in [-0.2, 0) is 28.1 Å². The van der Waals surface area contributed by atoms with Crippen LogP contribution in [0.3, 0.4) is 0 Å². The summed E-state index contributed by atoms with van der Waals surface area (Å²) in [6.45, 7) is 1.29. The maximum Gasteiger partial charge on any atom is 0.266 e. The molecule has 2 aromatic carbocycles. The fraction of sp³-hybridized carbons (Fsp3) is 0.263. The molecule has 1 atom stereocenters. The topological polar surface area (TPSA) is 67.9 Å². The molecule has 4 rings (SSSR count). The lowest BCUT2D eigenvalue weighted by molar-refractivity contribution is -0.129. The quantitative estimate of drug-likeness (QED) is 0.843. The van der Waals surface area contributed by atoms with E-state index in [2.05, 4.69) is 27.0 Å². The maximum absolute atomic E-state index is 13.2. The molecule has 2 aliphatic heterocycles. The molecular weight excluding hydrogens is 382 g/mol. The van der Waals surface area contributed by atoms with Crippen molar-refractivity contribution < 1.29 is 9.53 Å². The molecule has 0 radical (unpaired) electrons. The molecular formula is C19H18BrN3O2. The molecule has 2 heterocycles. The van der Waals surface area contributed by atoms with Gasteiger partial charge in [-0.2, -0.15) is 0 Å². The molecule has 1 unspecified atom stereocenters. The van der Waals surface area contributed by atoms with Gasteiger partial charge in [0, 0.05) is 11.5 Å². The van der Waals surface area contributed by atoms with Crippen molar-refractivity contribution in [3.8, 4) is 0 Å². The Morgan fingerprint density at radius 3 is 2.72 bits per heavy atom. The van der Waals surface area contributed by atoms with Gasteiger partial charge in [0.05, 0.1) is 13.2 Å². The monoisotopic (exact) mass is 399 g/mol. The Morgan fingerprint density at radius 2 is 2.00 bits per heavy atom. The lowest BCUT2D eigenvalue weighted by Crippen LogP contribution is -2.41. The first-order valence-electron chi connectivity index (χ1n) is 8.12. The van der Waals surface area contributed by atoms with Crippen LogP contribution < -0.4 is 5.73 Å². The molecule has 2 N–H and O–H groups in total. The van der Waals surface area contributed by atoms with E-state index >= 15 is 0 Å². The second kappa shape index (κ2) is 5.97. The Labute approximate surface area is 154 Å². The highest BCUT2D eigenvalue weighted by Gasteiger charge is 2.49. The number of ether oxygens (including phenoxy) is 1. The molecule has 0 fully saturated rings. The van der Waals surface area contributed by atoms with Crippen LogP contribution in [0.25, 0.3) is 0 Å². The first-order valence-corrected chi connectivity index (χ1v) is 8.91. The van der Waals surface area contributed by atoms with Crippen molar-refractivity contribution in [2.24, 2.45) is 10.7 Å². The van der Waals surface area contributed by atoms with E-state index in [1.807, 2.05) is 36.4 Å². The molecule has 0 saturated carbocycles. The van der Waals surface area contributed by atoms with Crippen LogP contribution in [0.15, 0.2) is 51.9 Å². The first kappa shape index (κ1) is 16.3. The molecule has 0 bridgehead atoms. The van der Waals surface area contributed by atoms with Crippen LogP contribution >= 0.6 is 15.9 Å². The zero-order valence-corrected chi connectivity index (χ0v) is 15.4. The van der Waals surface area contributed by atoms with Crippen molar-refractivity contribution in [2.45, 2.75) is 18.6 Å². The number of nitrogens with zero attached hydrogens (tertiary/aromatic N) is 2. The molecule has 128 valence electrons. The van der Waals surface area contributed by atoms with Crippen LogP contribution in [0.4, 0.5) is 0 Å². The van der Waals surface area contributed by atoms with Gasteiger partial charge in [0.1, 0.15) is 0 Å². The highest BCUT2D eigenvalue weighted by molar-refractivity contribution is 9.10. The summed E-state index contributed by atoms with van der Waals surface area (Å²) in [5.74, 6) is 0.0683. The van der Waals surface area contributed by atoms with Gasteiger partial charge < -0.3 is 10.5 Å². The lowest BCUT2D eigenvalue weighted by Gasteiger charge is -2.28. The van der Waals surface area contributed by atoms with E-state index in [0.29, 0.717) is 6.61 Å². The number of rotatable bonds is 2. The number of guanidine groups is 1. The Hall–Kier alpha value is -2.18. The summed E-state index contributed by atoms with van der Waals surface area (Å²) in [6, 6.07) is 13.7. The lowest BCUT2D eigenvalue weighted by atomic mass is 9.81. The highest BCUT2D eigenvalue weighted by Crippen LogP contribution is 2.41. The number of nitrogens with two attached hydrogens (primary N) is 1. The second-order valence-corrected chi connectivity index (χ2v) is 7.26. The Bertz CT molecular complexity index is 896. The number of halogens is 1. The molecule has 0 spiro atoms. The zero-order valence-electron chi connectivity index (χ0n) is 13.8. The van der Waals surface area contributed by atoms with E-state index in [4.69, 9.17) is 10.5 Å². The molecule has 5 nitrogen and oxygen atoms in total. The molecule has 25 heavy (non-hydrogen) atoms. The van der Waals surface area contributed by atoms with E-state index < -0.39 is 5.54 Å². The van der Waals surface area contributed by atoms with E-state index in [1.165, 1.54) is 10.5 Å². The summed E-state index contributed by atoms with van der Waals surface area (Å²) < 4.78 is 6.47. The number of carbonyl (C=O) groups excluding carboxylic acids is 1. The summed E-state index contributed by atoms with van der Waals surface area (Å²) in [5.41, 5.74) is 8.82. The van der Waals surface area contributed by atoms with Crippen LogP contribution in [0.5, 0.6) is 0 Å². The highest BCUT2D eigenvalue weighted by atomic mass is 79.9. The summed E-state index contributed by atoms with van der Waals surface area (Å²) >= 11 is 3.49. The summed E-state index contributed by atoms with van der Waals surface area (Å²) in [6.07, 6.45) is 0.888. The number of hydrogen-bond acceptors (Lipinski definition) is 4. The number of aliphatic imine (C=N–C) groups is 1. The Morgan fingerprint density at radius 1 is 1.20 bits per heavy atom. The molecule has 6 heteroatoms. The maximum atomic E-state index is 13.2. The standard InChI is InChI=1S/C19H18BrN3O2/c1-23-17(24)19(22-18(23)21,14-3-2-4-16(20)10-14)15-6-5-12-7-8-25-11-13(12)9-15/h2-6,9-10H,7-8,11H2,1H3,(H2,21,22). The minimum atomic E-state index is -1.16. The first-order chi connectivity index (χ1) is 12.0. The van der Waals surface area contributed by atoms with Crippen LogP contribution in [-0.4, -0.2) is 30.4 Å². The van der Waals surface area contributed by atoms with E-state index in [1.54, 1.807) is 7.05 Å². The van der Waals surface area contributed by atoms with Gasteiger partial charge in [0.2, 0.25) is 0 Å². The minimum Gasteiger partial charge on any atom is -0.376 e. The molecule has 1 amide bonds. The zero-order chi connectivity index (χ0) is 17.6. The normalized spacial score (nSPS) is 22.7. The number of benzene rings is 2. The summed E-state index contributed by atoms with van der Waals surface area (Å²) in [7, 11) is 1.66. The van der Waals surface area contributed by atoms with Crippen LogP contribution in [0.1, 0.15) is 22.3 Å². The van der Waals surface area contributed by atoms with Gasteiger partial charge in [-0.15, -0.1) is 0 Å². The number of amides is 1. The Balaban J connectivity index is 1.95. The molecule has 2 aliphatic rings. The predicted molar refractivity (Wildman–Crippen MR) is 99.1 cm³/mol. The molecule has 2 aromatic rings. The summed E-state index contributed by atoms with van der Waals surface area (Å²) in [4.78, 5) is 19.2. The van der Waals surface area contributed by atoms with E-state index in [0.717, 1.165) is 34.2 Å². The smallest absolute Gasteiger partial charge is 0.266 e. The van der Waals surface area contributed by atoms with Gasteiger partial charge in [-0.05, 0) is 46.9 Å². The largest absolute Gasteiger partial charge is 0.376 e.